The number of hydrogen-bond acceptors (Lipinski definition) is 5. The zero-order chi connectivity index (χ0) is 17.4. The fourth-order valence-electron chi connectivity index (χ4n) is 1.82. The lowest BCUT2D eigenvalue weighted by Gasteiger charge is -2.10. The summed E-state index contributed by atoms with van der Waals surface area (Å²) in [6.07, 6.45) is 0. The second-order valence-electron chi connectivity index (χ2n) is 4.67. The Balaban J connectivity index is 1.70. The van der Waals surface area contributed by atoms with Gasteiger partial charge in [-0.1, -0.05) is 12.1 Å². The van der Waals surface area contributed by atoms with Gasteiger partial charge in [0.1, 0.15) is 30.5 Å². The van der Waals surface area contributed by atoms with E-state index in [0.717, 1.165) is 0 Å². The Hall–Kier alpha value is -3.09. The molecule has 2 aromatic carbocycles. The number of esters is 1. The van der Waals surface area contributed by atoms with E-state index in [4.69, 9.17) is 19.9 Å². The average molecular weight is 333 g/mol. The Morgan fingerprint density at radius 3 is 2.38 bits per heavy atom. The fourth-order valence-corrected chi connectivity index (χ4v) is 1.82. The second kappa shape index (κ2) is 8.52. The minimum Gasteiger partial charge on any atom is -0.490 e. The molecule has 0 aliphatic heterocycles. The van der Waals surface area contributed by atoms with Crippen molar-refractivity contribution in [3.05, 3.63) is 59.9 Å². The van der Waals surface area contributed by atoms with Crippen molar-refractivity contribution in [2.24, 2.45) is 5.73 Å². The fraction of sp³-hybridized carbons (Fsp3) is 0.176. The number of carbonyl (C=O) groups excluding carboxylic acids is 2. The largest absolute Gasteiger partial charge is 0.490 e. The summed E-state index contributed by atoms with van der Waals surface area (Å²) in [7, 11) is 0. The summed E-state index contributed by atoms with van der Waals surface area (Å²) in [5, 5.41) is 0. The van der Waals surface area contributed by atoms with Crippen molar-refractivity contribution >= 4 is 11.9 Å². The summed E-state index contributed by atoms with van der Waals surface area (Å²) in [5.74, 6) is -0.936. The predicted octanol–water partition coefficient (Wildman–Crippen LogP) is 1.93. The van der Waals surface area contributed by atoms with Crippen LogP contribution in [-0.4, -0.2) is 31.7 Å². The zero-order valence-corrected chi connectivity index (χ0v) is 12.7. The SMILES string of the molecule is NC(=O)c1ccccc1OCC(=O)OCCOc1ccc(F)cc1. The highest BCUT2D eigenvalue weighted by Crippen LogP contribution is 2.17. The van der Waals surface area contributed by atoms with Gasteiger partial charge in [0.05, 0.1) is 5.56 Å². The van der Waals surface area contributed by atoms with Crippen LogP contribution in [0.5, 0.6) is 11.5 Å². The van der Waals surface area contributed by atoms with Crippen LogP contribution in [0, 0.1) is 5.82 Å². The summed E-state index contributed by atoms with van der Waals surface area (Å²) >= 11 is 0. The van der Waals surface area contributed by atoms with Crippen molar-refractivity contribution in [1.29, 1.82) is 0 Å². The van der Waals surface area contributed by atoms with Crippen molar-refractivity contribution in [3.8, 4) is 11.5 Å². The van der Waals surface area contributed by atoms with Gasteiger partial charge in [0.25, 0.3) is 5.91 Å². The van der Waals surface area contributed by atoms with Crippen LogP contribution in [0.25, 0.3) is 0 Å². The van der Waals surface area contributed by atoms with E-state index >= 15 is 0 Å². The van der Waals surface area contributed by atoms with Crippen molar-refractivity contribution in [2.75, 3.05) is 19.8 Å². The number of amides is 1. The molecule has 0 radical (unpaired) electrons. The lowest BCUT2D eigenvalue weighted by atomic mass is 10.2. The topological polar surface area (TPSA) is 87.9 Å². The monoisotopic (exact) mass is 333 g/mol. The highest BCUT2D eigenvalue weighted by molar-refractivity contribution is 5.95. The van der Waals surface area contributed by atoms with Crippen LogP contribution in [-0.2, 0) is 9.53 Å². The molecule has 0 saturated carbocycles. The van der Waals surface area contributed by atoms with Crippen LogP contribution in [0.4, 0.5) is 4.39 Å². The number of hydrogen-bond donors (Lipinski definition) is 1. The Bertz CT molecular complexity index is 702. The summed E-state index contributed by atoms with van der Waals surface area (Å²) in [6, 6.07) is 11.8. The number of carbonyl (C=O) groups is 2. The maximum absolute atomic E-state index is 12.7. The molecule has 0 aromatic heterocycles. The molecule has 0 atom stereocenters. The average Bonchev–Trinajstić information content (AvgIpc) is 2.58. The van der Waals surface area contributed by atoms with E-state index in [9.17, 15) is 14.0 Å². The first-order valence-corrected chi connectivity index (χ1v) is 7.12. The van der Waals surface area contributed by atoms with Gasteiger partial charge in [-0.05, 0) is 36.4 Å². The Kier molecular flexibility index (Phi) is 6.13. The first-order chi connectivity index (χ1) is 11.6. The highest BCUT2D eigenvalue weighted by Gasteiger charge is 2.11. The lowest BCUT2D eigenvalue weighted by Crippen LogP contribution is -2.20. The molecular formula is C17H16FNO5. The molecule has 1 amide bonds. The predicted molar refractivity (Wildman–Crippen MR) is 83.3 cm³/mol. The number of nitrogens with two attached hydrogens (primary N) is 1. The Morgan fingerprint density at radius 2 is 1.67 bits per heavy atom. The first kappa shape index (κ1) is 17.3. The van der Waals surface area contributed by atoms with Crippen LogP contribution in [0.2, 0.25) is 0 Å². The Morgan fingerprint density at radius 1 is 0.958 bits per heavy atom. The number of para-hydroxylation sites is 1. The van der Waals surface area contributed by atoms with E-state index in [1.807, 2.05) is 0 Å². The number of rotatable bonds is 8. The van der Waals surface area contributed by atoms with Gasteiger partial charge in [0.2, 0.25) is 0 Å². The quantitative estimate of drug-likeness (QED) is 0.589. The molecule has 0 unspecified atom stereocenters. The second-order valence-corrected chi connectivity index (χ2v) is 4.67. The van der Waals surface area contributed by atoms with Crippen molar-refractivity contribution in [2.45, 2.75) is 0 Å². The lowest BCUT2D eigenvalue weighted by molar-refractivity contribution is -0.146. The number of ether oxygens (including phenoxy) is 3. The smallest absolute Gasteiger partial charge is 0.344 e. The van der Waals surface area contributed by atoms with Crippen molar-refractivity contribution < 1.29 is 28.2 Å². The van der Waals surface area contributed by atoms with Gasteiger partial charge >= 0.3 is 5.97 Å². The third-order valence-electron chi connectivity index (χ3n) is 2.93. The van der Waals surface area contributed by atoms with Crippen LogP contribution in [0.3, 0.4) is 0 Å². The molecule has 0 saturated heterocycles. The van der Waals surface area contributed by atoms with Crippen LogP contribution in [0.15, 0.2) is 48.5 Å². The molecule has 6 nitrogen and oxygen atoms in total. The van der Waals surface area contributed by atoms with Crippen molar-refractivity contribution in [3.63, 3.8) is 0 Å². The number of halogens is 1. The van der Waals surface area contributed by atoms with E-state index in [1.165, 1.54) is 36.4 Å². The Labute approximate surface area is 137 Å². The maximum Gasteiger partial charge on any atom is 0.344 e. The van der Waals surface area contributed by atoms with Gasteiger partial charge in [-0.3, -0.25) is 4.79 Å². The molecule has 0 fully saturated rings. The third-order valence-corrected chi connectivity index (χ3v) is 2.93. The molecule has 2 rings (SSSR count). The molecular weight excluding hydrogens is 317 g/mol. The zero-order valence-electron chi connectivity index (χ0n) is 12.7. The standard InChI is InChI=1S/C17H16FNO5/c18-12-5-7-13(8-6-12)22-9-10-23-16(20)11-24-15-4-2-1-3-14(15)17(19)21/h1-8H,9-11H2,(H2,19,21). The van der Waals surface area contributed by atoms with E-state index in [2.05, 4.69) is 0 Å². The van der Waals surface area contributed by atoms with Crippen LogP contribution in [0.1, 0.15) is 10.4 Å². The number of benzene rings is 2. The molecule has 7 heteroatoms. The van der Waals surface area contributed by atoms with Gasteiger partial charge in [0, 0.05) is 0 Å². The summed E-state index contributed by atoms with van der Waals surface area (Å²) < 4.78 is 28.2. The minimum absolute atomic E-state index is 0.0109. The maximum atomic E-state index is 12.7. The van der Waals surface area contributed by atoms with Gasteiger partial charge in [0.15, 0.2) is 6.61 Å². The molecule has 2 N–H and O–H groups in total. The van der Waals surface area contributed by atoms with Gasteiger partial charge < -0.3 is 19.9 Å². The summed E-state index contributed by atoms with van der Waals surface area (Å²) in [4.78, 5) is 22.8. The normalized spacial score (nSPS) is 10.0. The number of primary amides is 1. The molecule has 126 valence electrons. The molecule has 0 heterocycles. The van der Waals surface area contributed by atoms with Gasteiger partial charge in [-0.2, -0.15) is 0 Å². The first-order valence-electron chi connectivity index (χ1n) is 7.12. The van der Waals surface area contributed by atoms with E-state index < -0.39 is 11.9 Å². The summed E-state index contributed by atoms with van der Waals surface area (Å²) in [6.45, 7) is -0.229. The van der Waals surface area contributed by atoms with E-state index in [1.54, 1.807) is 12.1 Å². The van der Waals surface area contributed by atoms with Crippen molar-refractivity contribution in [1.82, 2.24) is 0 Å². The third kappa shape index (κ3) is 5.28. The molecule has 0 aliphatic rings. The van der Waals surface area contributed by atoms with Crippen LogP contribution < -0.4 is 15.2 Å². The molecule has 0 aliphatic carbocycles. The molecule has 2 aromatic rings. The van der Waals surface area contributed by atoms with Gasteiger partial charge in [-0.25, -0.2) is 9.18 Å². The molecule has 24 heavy (non-hydrogen) atoms. The van der Waals surface area contributed by atoms with E-state index in [0.29, 0.717) is 5.75 Å². The van der Waals surface area contributed by atoms with Crippen LogP contribution >= 0.6 is 0 Å². The molecule has 0 bridgehead atoms. The van der Waals surface area contributed by atoms with Gasteiger partial charge in [-0.15, -0.1) is 0 Å². The van der Waals surface area contributed by atoms with E-state index in [-0.39, 0.29) is 37.0 Å². The molecule has 0 spiro atoms. The summed E-state index contributed by atoms with van der Waals surface area (Å²) in [5.41, 5.74) is 5.39. The highest BCUT2D eigenvalue weighted by atomic mass is 19.1. The minimum atomic E-state index is -0.647.